The van der Waals surface area contributed by atoms with E-state index in [-0.39, 0.29) is 15.7 Å². The van der Waals surface area contributed by atoms with Crippen molar-refractivity contribution in [1.82, 2.24) is 14.2 Å². The van der Waals surface area contributed by atoms with Crippen LogP contribution >= 0.6 is 0 Å². The summed E-state index contributed by atoms with van der Waals surface area (Å²) in [6.07, 6.45) is 6.66. The van der Waals surface area contributed by atoms with Gasteiger partial charge in [-0.2, -0.15) is 4.31 Å². The number of halogens is 1. The van der Waals surface area contributed by atoms with Crippen molar-refractivity contribution in [2.75, 3.05) is 39.4 Å². The molecule has 1 saturated carbocycles. The zero-order valence-electron chi connectivity index (χ0n) is 17.1. The zero-order chi connectivity index (χ0) is 20.8. The van der Waals surface area contributed by atoms with Crippen molar-refractivity contribution in [3.05, 3.63) is 36.3 Å². The molecule has 0 radical (unpaired) electrons. The van der Waals surface area contributed by atoms with Gasteiger partial charge in [-0.3, -0.25) is 9.88 Å². The molecule has 3 aliphatic rings. The van der Waals surface area contributed by atoms with Crippen LogP contribution in [0, 0.1) is 11.2 Å². The van der Waals surface area contributed by atoms with Gasteiger partial charge in [0.15, 0.2) is 0 Å². The lowest BCUT2D eigenvalue weighted by molar-refractivity contribution is 0.0137. The van der Waals surface area contributed by atoms with E-state index in [2.05, 4.69) is 9.88 Å². The van der Waals surface area contributed by atoms with Crippen LogP contribution in [0.3, 0.4) is 0 Å². The van der Waals surface area contributed by atoms with Crippen LogP contribution in [-0.2, 0) is 14.8 Å². The van der Waals surface area contributed by atoms with Crippen LogP contribution in [0.25, 0.3) is 10.9 Å². The van der Waals surface area contributed by atoms with E-state index in [9.17, 15) is 12.8 Å². The van der Waals surface area contributed by atoms with Gasteiger partial charge in [0, 0.05) is 43.8 Å². The molecule has 162 valence electrons. The largest absolute Gasteiger partial charge is 0.379 e. The Morgan fingerprint density at radius 3 is 2.63 bits per heavy atom. The highest BCUT2D eigenvalue weighted by Gasteiger charge is 2.45. The van der Waals surface area contributed by atoms with Gasteiger partial charge in [-0.15, -0.1) is 0 Å². The van der Waals surface area contributed by atoms with Crippen LogP contribution in [0.5, 0.6) is 0 Å². The number of ether oxygens (including phenoxy) is 1. The van der Waals surface area contributed by atoms with Crippen LogP contribution < -0.4 is 0 Å². The van der Waals surface area contributed by atoms with Gasteiger partial charge in [-0.1, -0.05) is 6.07 Å². The van der Waals surface area contributed by atoms with Crippen molar-refractivity contribution in [3.63, 3.8) is 0 Å². The SMILES string of the molecule is O=S(=O)(c1cnc2cccc(F)c2c1)N1CCC2(CCC(N3CCOCC3)C2)CC1. The molecule has 2 saturated heterocycles. The maximum atomic E-state index is 14.1. The second-order valence-corrected chi connectivity index (χ2v) is 10.9. The lowest BCUT2D eigenvalue weighted by Gasteiger charge is -2.40. The minimum Gasteiger partial charge on any atom is -0.379 e. The maximum Gasteiger partial charge on any atom is 0.244 e. The summed E-state index contributed by atoms with van der Waals surface area (Å²) in [6.45, 7) is 4.69. The highest BCUT2D eigenvalue weighted by Crippen LogP contribution is 2.48. The van der Waals surface area contributed by atoms with Crippen molar-refractivity contribution < 1.29 is 17.5 Å². The summed E-state index contributed by atoms with van der Waals surface area (Å²) in [5.74, 6) is -0.449. The standard InChI is InChI=1S/C22H28FN3O3S/c23-20-2-1-3-21-19(20)14-18(16-24-21)30(27,28)26-8-6-22(7-9-26)5-4-17(15-22)25-10-12-29-13-11-25/h1-3,14,16-17H,4-13,15H2. The predicted molar refractivity (Wildman–Crippen MR) is 112 cm³/mol. The fourth-order valence-corrected chi connectivity index (χ4v) is 6.88. The minimum absolute atomic E-state index is 0.0775. The van der Waals surface area contributed by atoms with Gasteiger partial charge in [0.1, 0.15) is 10.7 Å². The van der Waals surface area contributed by atoms with Crippen LogP contribution in [0.4, 0.5) is 4.39 Å². The molecule has 1 spiro atoms. The summed E-state index contributed by atoms with van der Waals surface area (Å²) in [7, 11) is -3.67. The first-order chi connectivity index (χ1) is 14.5. The van der Waals surface area contributed by atoms with Gasteiger partial charge in [0.2, 0.25) is 10.0 Å². The molecule has 1 atom stereocenters. The Hall–Kier alpha value is -1.61. The van der Waals surface area contributed by atoms with Crippen molar-refractivity contribution in [2.45, 2.75) is 43.0 Å². The predicted octanol–water partition coefficient (Wildman–Crippen LogP) is 3.03. The second-order valence-electron chi connectivity index (χ2n) is 8.93. The first-order valence-electron chi connectivity index (χ1n) is 10.8. The quantitative estimate of drug-likeness (QED) is 0.745. The van der Waals surface area contributed by atoms with Crippen LogP contribution in [0.1, 0.15) is 32.1 Å². The third kappa shape index (κ3) is 3.64. The number of rotatable bonds is 3. The fourth-order valence-electron chi connectivity index (χ4n) is 5.47. The van der Waals surface area contributed by atoms with Crippen molar-refractivity contribution in [1.29, 1.82) is 0 Å². The average Bonchev–Trinajstić information content (AvgIpc) is 3.18. The van der Waals surface area contributed by atoms with E-state index >= 15 is 0 Å². The first-order valence-corrected chi connectivity index (χ1v) is 12.3. The lowest BCUT2D eigenvalue weighted by Crippen LogP contribution is -2.45. The molecule has 5 rings (SSSR count). The number of sulfonamides is 1. The molecule has 1 aromatic heterocycles. The fraction of sp³-hybridized carbons (Fsp3) is 0.591. The number of piperidine rings is 1. The highest BCUT2D eigenvalue weighted by atomic mass is 32.2. The topological polar surface area (TPSA) is 62.7 Å². The van der Waals surface area contributed by atoms with Gasteiger partial charge in [0.05, 0.1) is 18.7 Å². The molecule has 0 amide bonds. The Labute approximate surface area is 177 Å². The van der Waals surface area contributed by atoms with E-state index < -0.39 is 15.8 Å². The smallest absolute Gasteiger partial charge is 0.244 e. The van der Waals surface area contributed by atoms with Crippen molar-refractivity contribution in [2.24, 2.45) is 5.41 Å². The van der Waals surface area contributed by atoms with E-state index in [1.807, 2.05) is 0 Å². The Morgan fingerprint density at radius 2 is 1.87 bits per heavy atom. The number of fused-ring (bicyclic) bond motifs is 1. The van der Waals surface area contributed by atoms with Crippen LogP contribution in [-0.4, -0.2) is 68.0 Å². The molecule has 2 aromatic rings. The minimum atomic E-state index is -3.67. The molecule has 6 nitrogen and oxygen atoms in total. The molecule has 1 unspecified atom stereocenters. The van der Waals surface area contributed by atoms with E-state index in [1.165, 1.54) is 31.2 Å². The molecule has 30 heavy (non-hydrogen) atoms. The van der Waals surface area contributed by atoms with Gasteiger partial charge in [0.25, 0.3) is 0 Å². The molecule has 1 aliphatic carbocycles. The normalized spacial score (nSPS) is 25.8. The molecular weight excluding hydrogens is 405 g/mol. The molecule has 2 aliphatic heterocycles. The van der Waals surface area contributed by atoms with E-state index in [1.54, 1.807) is 16.4 Å². The van der Waals surface area contributed by atoms with Crippen LogP contribution in [0.2, 0.25) is 0 Å². The zero-order valence-corrected chi connectivity index (χ0v) is 17.9. The summed E-state index contributed by atoms with van der Waals surface area (Å²) in [5.41, 5.74) is 0.717. The summed E-state index contributed by atoms with van der Waals surface area (Å²) in [5, 5.41) is 0.246. The maximum absolute atomic E-state index is 14.1. The molecule has 0 N–H and O–H groups in total. The van der Waals surface area contributed by atoms with E-state index in [4.69, 9.17) is 4.74 Å². The van der Waals surface area contributed by atoms with Crippen molar-refractivity contribution >= 4 is 20.9 Å². The molecule has 3 fully saturated rings. The summed E-state index contributed by atoms with van der Waals surface area (Å²) in [6, 6.07) is 6.61. The second kappa shape index (κ2) is 7.82. The Kier molecular flexibility index (Phi) is 5.29. The lowest BCUT2D eigenvalue weighted by atomic mass is 9.77. The molecular formula is C22H28FN3O3S. The molecule has 3 heterocycles. The Morgan fingerprint density at radius 1 is 1.10 bits per heavy atom. The number of benzene rings is 1. The molecule has 1 aromatic carbocycles. The van der Waals surface area contributed by atoms with Gasteiger partial charge < -0.3 is 4.74 Å². The number of hydrogen-bond donors (Lipinski definition) is 0. The summed E-state index contributed by atoms with van der Waals surface area (Å²) >= 11 is 0. The monoisotopic (exact) mass is 433 g/mol. The van der Waals surface area contributed by atoms with Gasteiger partial charge in [-0.05, 0) is 55.7 Å². The average molecular weight is 434 g/mol. The third-order valence-electron chi connectivity index (χ3n) is 7.31. The Balaban J connectivity index is 1.29. The van der Waals surface area contributed by atoms with Gasteiger partial charge in [-0.25, -0.2) is 12.8 Å². The number of aromatic nitrogens is 1. The van der Waals surface area contributed by atoms with E-state index in [0.29, 0.717) is 24.6 Å². The number of morpholine rings is 1. The number of pyridine rings is 1. The Bertz CT molecular complexity index is 1030. The molecule has 8 heteroatoms. The molecule has 0 bridgehead atoms. The number of nitrogens with zero attached hydrogens (tertiary/aromatic N) is 3. The van der Waals surface area contributed by atoms with E-state index in [0.717, 1.165) is 45.6 Å². The third-order valence-corrected chi connectivity index (χ3v) is 9.17. The van der Waals surface area contributed by atoms with Gasteiger partial charge >= 0.3 is 0 Å². The summed E-state index contributed by atoms with van der Waals surface area (Å²) < 4.78 is 47.6. The number of hydrogen-bond acceptors (Lipinski definition) is 5. The first kappa shape index (κ1) is 20.3. The van der Waals surface area contributed by atoms with Crippen molar-refractivity contribution in [3.8, 4) is 0 Å². The summed E-state index contributed by atoms with van der Waals surface area (Å²) in [4.78, 5) is 6.80. The van der Waals surface area contributed by atoms with Crippen LogP contribution in [0.15, 0.2) is 35.4 Å². The highest BCUT2D eigenvalue weighted by molar-refractivity contribution is 7.89.